The van der Waals surface area contributed by atoms with Gasteiger partial charge in [0, 0.05) is 11.3 Å². The number of aromatic nitrogens is 2. The summed E-state index contributed by atoms with van der Waals surface area (Å²) in [5.41, 5.74) is 3.80. The third-order valence-electron chi connectivity index (χ3n) is 3.90. The van der Waals surface area contributed by atoms with E-state index < -0.39 is 5.97 Å². The van der Waals surface area contributed by atoms with Crippen LogP contribution in [0.25, 0.3) is 16.9 Å². The average molecular weight is 310 g/mol. The highest BCUT2D eigenvalue weighted by molar-refractivity contribution is 5.77. The van der Waals surface area contributed by atoms with Crippen molar-refractivity contribution in [2.24, 2.45) is 0 Å². The molecule has 0 bridgehead atoms. The second kappa shape index (κ2) is 5.01. The van der Waals surface area contributed by atoms with E-state index in [1.165, 1.54) is 0 Å². The number of carbonyl (C=O) groups is 1. The van der Waals surface area contributed by atoms with E-state index in [2.05, 4.69) is 4.98 Å². The highest BCUT2D eigenvalue weighted by atomic mass is 16.7. The molecule has 0 saturated carbocycles. The summed E-state index contributed by atoms with van der Waals surface area (Å²) in [5.74, 6) is 0.447. The van der Waals surface area contributed by atoms with Crippen molar-refractivity contribution in [2.45, 2.75) is 13.3 Å². The van der Waals surface area contributed by atoms with E-state index in [9.17, 15) is 9.90 Å². The van der Waals surface area contributed by atoms with Gasteiger partial charge in [0.25, 0.3) is 0 Å². The molecule has 1 aromatic carbocycles. The maximum Gasteiger partial charge on any atom is 0.309 e. The summed E-state index contributed by atoms with van der Waals surface area (Å²) in [6.07, 6.45) is -0.101. The van der Waals surface area contributed by atoms with E-state index >= 15 is 0 Å². The van der Waals surface area contributed by atoms with Crippen molar-refractivity contribution in [3.8, 4) is 22.8 Å². The summed E-state index contributed by atoms with van der Waals surface area (Å²) in [5, 5.41) is 9.28. The molecule has 0 unspecified atom stereocenters. The second-order valence-corrected chi connectivity index (χ2v) is 5.41. The molecule has 3 heterocycles. The van der Waals surface area contributed by atoms with Crippen LogP contribution in [0.15, 0.2) is 36.4 Å². The van der Waals surface area contributed by atoms with E-state index in [0.717, 1.165) is 16.9 Å². The van der Waals surface area contributed by atoms with E-state index in [4.69, 9.17) is 9.47 Å². The molecule has 2 aromatic heterocycles. The Morgan fingerprint density at radius 1 is 1.26 bits per heavy atom. The first-order valence-corrected chi connectivity index (χ1v) is 7.22. The lowest BCUT2D eigenvalue weighted by Crippen LogP contribution is -2.06. The fourth-order valence-electron chi connectivity index (χ4n) is 2.91. The van der Waals surface area contributed by atoms with Gasteiger partial charge < -0.3 is 19.0 Å². The topological polar surface area (TPSA) is 73.1 Å². The Labute approximate surface area is 131 Å². The summed E-state index contributed by atoms with van der Waals surface area (Å²) in [6.45, 7) is 2.13. The van der Waals surface area contributed by atoms with Gasteiger partial charge in [0.1, 0.15) is 5.65 Å². The molecule has 23 heavy (non-hydrogen) atoms. The number of carboxylic acids is 1. The minimum absolute atomic E-state index is 0.101. The number of pyridine rings is 1. The minimum atomic E-state index is -0.892. The number of hydrogen-bond donors (Lipinski definition) is 1. The lowest BCUT2D eigenvalue weighted by atomic mass is 10.1. The van der Waals surface area contributed by atoms with Gasteiger partial charge in [-0.05, 0) is 37.3 Å². The summed E-state index contributed by atoms with van der Waals surface area (Å²) in [6, 6.07) is 11.2. The summed E-state index contributed by atoms with van der Waals surface area (Å²) < 4.78 is 12.6. The number of nitrogens with zero attached hydrogens (tertiary/aromatic N) is 2. The zero-order valence-corrected chi connectivity index (χ0v) is 12.4. The van der Waals surface area contributed by atoms with Crippen LogP contribution in [0.2, 0.25) is 0 Å². The molecule has 1 aliphatic rings. The van der Waals surface area contributed by atoms with Crippen LogP contribution in [0.1, 0.15) is 11.4 Å². The van der Waals surface area contributed by atoms with Crippen LogP contribution in [-0.4, -0.2) is 27.3 Å². The molecule has 0 spiro atoms. The van der Waals surface area contributed by atoms with Gasteiger partial charge in [-0.15, -0.1) is 0 Å². The molecule has 116 valence electrons. The van der Waals surface area contributed by atoms with Gasteiger partial charge >= 0.3 is 5.97 Å². The molecule has 1 N–H and O–H groups in total. The van der Waals surface area contributed by atoms with Crippen LogP contribution < -0.4 is 9.47 Å². The van der Waals surface area contributed by atoms with E-state index in [-0.39, 0.29) is 13.2 Å². The molecule has 3 aromatic rings. The van der Waals surface area contributed by atoms with Crippen molar-refractivity contribution in [3.63, 3.8) is 0 Å². The van der Waals surface area contributed by atoms with Gasteiger partial charge in [-0.25, -0.2) is 4.98 Å². The Hall–Kier alpha value is -3.02. The zero-order valence-electron chi connectivity index (χ0n) is 12.4. The Bertz CT molecular complexity index is 930. The Morgan fingerprint density at radius 3 is 2.91 bits per heavy atom. The van der Waals surface area contributed by atoms with Gasteiger partial charge in [0.05, 0.1) is 17.8 Å². The molecule has 0 fully saturated rings. The van der Waals surface area contributed by atoms with Crippen LogP contribution in [0, 0.1) is 6.92 Å². The monoisotopic (exact) mass is 310 g/mol. The van der Waals surface area contributed by atoms with Crippen molar-refractivity contribution in [3.05, 3.63) is 47.8 Å². The highest BCUT2D eigenvalue weighted by Gasteiger charge is 2.20. The minimum Gasteiger partial charge on any atom is -0.481 e. The summed E-state index contributed by atoms with van der Waals surface area (Å²) >= 11 is 0. The predicted octanol–water partition coefficient (Wildman–Crippen LogP) is 2.67. The quantitative estimate of drug-likeness (QED) is 0.805. The van der Waals surface area contributed by atoms with Crippen LogP contribution >= 0.6 is 0 Å². The third kappa shape index (κ3) is 2.19. The number of carboxylic acid groups (broad SMARTS) is 1. The van der Waals surface area contributed by atoms with Gasteiger partial charge in [0.2, 0.25) is 6.79 Å². The molecule has 6 nitrogen and oxygen atoms in total. The maximum absolute atomic E-state index is 11.3. The molecular weight excluding hydrogens is 296 g/mol. The summed E-state index contributed by atoms with van der Waals surface area (Å²) in [4.78, 5) is 15.9. The van der Waals surface area contributed by atoms with Gasteiger partial charge in [-0.2, -0.15) is 0 Å². The van der Waals surface area contributed by atoms with E-state index in [1.807, 2.05) is 47.7 Å². The SMILES string of the molecule is Cc1cccc2nc(-c3ccc4c(c3)OCO4)c(CC(=O)O)n12. The number of fused-ring (bicyclic) bond motifs is 2. The van der Waals surface area contributed by atoms with Crippen molar-refractivity contribution >= 4 is 11.6 Å². The number of rotatable bonds is 3. The second-order valence-electron chi connectivity index (χ2n) is 5.41. The maximum atomic E-state index is 11.3. The smallest absolute Gasteiger partial charge is 0.309 e. The molecule has 0 aliphatic carbocycles. The molecule has 1 aliphatic heterocycles. The first-order valence-electron chi connectivity index (χ1n) is 7.22. The number of aliphatic carboxylic acids is 1. The predicted molar refractivity (Wildman–Crippen MR) is 82.8 cm³/mol. The molecule has 0 saturated heterocycles. The number of aryl methyl sites for hydroxylation is 1. The van der Waals surface area contributed by atoms with Crippen molar-refractivity contribution in [1.29, 1.82) is 0 Å². The fourth-order valence-corrected chi connectivity index (χ4v) is 2.91. The molecule has 4 rings (SSSR count). The highest BCUT2D eigenvalue weighted by Crippen LogP contribution is 2.37. The van der Waals surface area contributed by atoms with Gasteiger partial charge in [0.15, 0.2) is 11.5 Å². The Kier molecular flexibility index (Phi) is 2.97. The Morgan fingerprint density at radius 2 is 2.09 bits per heavy atom. The van der Waals surface area contributed by atoms with Crippen molar-refractivity contribution < 1.29 is 19.4 Å². The number of imidazole rings is 1. The molecule has 0 amide bonds. The molecule has 0 atom stereocenters. The normalized spacial score (nSPS) is 12.7. The van der Waals surface area contributed by atoms with E-state index in [1.54, 1.807) is 0 Å². The van der Waals surface area contributed by atoms with Crippen molar-refractivity contribution in [1.82, 2.24) is 9.38 Å². The van der Waals surface area contributed by atoms with Gasteiger partial charge in [-0.3, -0.25) is 4.79 Å². The van der Waals surface area contributed by atoms with Crippen LogP contribution in [0.5, 0.6) is 11.5 Å². The average Bonchev–Trinajstić information content (AvgIpc) is 3.11. The lowest BCUT2D eigenvalue weighted by Gasteiger charge is -2.06. The lowest BCUT2D eigenvalue weighted by molar-refractivity contribution is -0.136. The number of hydrogen-bond acceptors (Lipinski definition) is 4. The standard InChI is InChI=1S/C17H14N2O4/c1-10-3-2-4-15-18-17(12(19(10)15)8-16(20)21)11-5-6-13-14(7-11)23-9-22-13/h2-7H,8-9H2,1H3,(H,20,21). The zero-order chi connectivity index (χ0) is 16.0. The van der Waals surface area contributed by atoms with Crippen molar-refractivity contribution in [2.75, 3.05) is 6.79 Å². The van der Waals surface area contributed by atoms with E-state index in [0.29, 0.717) is 22.9 Å². The molecule has 6 heteroatoms. The Balaban J connectivity index is 1.95. The first-order chi connectivity index (χ1) is 11.1. The fraction of sp³-hybridized carbons (Fsp3) is 0.176. The molecule has 0 radical (unpaired) electrons. The van der Waals surface area contributed by atoms with Crippen LogP contribution in [0.4, 0.5) is 0 Å². The van der Waals surface area contributed by atoms with Gasteiger partial charge in [-0.1, -0.05) is 6.07 Å². The number of benzene rings is 1. The number of ether oxygens (including phenoxy) is 2. The molecular formula is C17H14N2O4. The van der Waals surface area contributed by atoms with Crippen LogP contribution in [-0.2, 0) is 11.2 Å². The van der Waals surface area contributed by atoms with Crippen LogP contribution in [0.3, 0.4) is 0 Å². The third-order valence-corrected chi connectivity index (χ3v) is 3.90. The first kappa shape index (κ1) is 13.6. The summed E-state index contributed by atoms with van der Waals surface area (Å²) in [7, 11) is 0. The largest absolute Gasteiger partial charge is 0.481 e.